The molecule has 0 radical (unpaired) electrons. The van der Waals surface area contributed by atoms with Crippen LogP contribution >= 0.6 is 0 Å². The van der Waals surface area contributed by atoms with Crippen LogP contribution in [0.5, 0.6) is 0 Å². The Kier molecular flexibility index (Phi) is 4.00. The van der Waals surface area contributed by atoms with Gasteiger partial charge in [0.15, 0.2) is 5.82 Å². The normalized spacial score (nSPS) is 15.4. The van der Waals surface area contributed by atoms with E-state index in [0.29, 0.717) is 18.3 Å². The first-order chi connectivity index (χ1) is 8.59. The molecule has 100 valence electrons. The van der Waals surface area contributed by atoms with Crippen molar-refractivity contribution in [2.75, 3.05) is 15.8 Å². The summed E-state index contributed by atoms with van der Waals surface area (Å²) < 4.78 is 25.7. The summed E-state index contributed by atoms with van der Waals surface area (Å²) in [7, 11) is -3.29. The Bertz CT molecular complexity index is 482. The van der Waals surface area contributed by atoms with Crippen LogP contribution in [0.1, 0.15) is 32.6 Å². The zero-order valence-electron chi connectivity index (χ0n) is 10.4. The number of nitrogens with one attached hydrogen (secondary N) is 2. The monoisotopic (exact) mass is 270 g/mol. The second-order valence-electron chi connectivity index (χ2n) is 4.50. The molecule has 1 aliphatic carbocycles. The van der Waals surface area contributed by atoms with Gasteiger partial charge < -0.3 is 5.32 Å². The second-order valence-corrected chi connectivity index (χ2v) is 6.34. The van der Waals surface area contributed by atoms with E-state index < -0.39 is 10.0 Å². The average Bonchev–Trinajstić information content (AvgIpc) is 3.13. The molecule has 0 saturated heterocycles. The second kappa shape index (κ2) is 5.51. The van der Waals surface area contributed by atoms with E-state index in [1.165, 1.54) is 0 Å². The number of rotatable bonds is 7. The first kappa shape index (κ1) is 13.1. The molecule has 0 atom stereocenters. The molecule has 1 aliphatic rings. The molecule has 1 fully saturated rings. The zero-order valence-corrected chi connectivity index (χ0v) is 11.2. The number of hydrogen-bond acceptors (Lipinski definition) is 5. The minimum absolute atomic E-state index is 0.118. The Morgan fingerprint density at radius 3 is 2.50 bits per heavy atom. The number of nitrogens with zero attached hydrogens (tertiary/aromatic N) is 2. The lowest BCUT2D eigenvalue weighted by Gasteiger charge is -2.07. The van der Waals surface area contributed by atoms with Gasteiger partial charge in [-0.25, -0.2) is 8.42 Å². The Hall–Kier alpha value is -1.37. The molecule has 2 rings (SSSR count). The Balaban J connectivity index is 1.92. The molecule has 0 aromatic carbocycles. The number of aromatic nitrogens is 2. The van der Waals surface area contributed by atoms with Gasteiger partial charge in [0.05, 0.1) is 5.75 Å². The predicted octanol–water partition coefficient (Wildman–Crippen LogP) is 1.59. The lowest BCUT2D eigenvalue weighted by Crippen LogP contribution is -2.17. The van der Waals surface area contributed by atoms with Crippen molar-refractivity contribution in [3.8, 4) is 0 Å². The van der Waals surface area contributed by atoms with Crippen molar-refractivity contribution >= 4 is 21.7 Å². The standard InChI is InChI=1S/C11H18N4O2S/c1-2-3-8-18(16,17)15-11-7-6-10(13-14-11)12-9-4-5-9/h6-7,9H,2-5,8H2,1H3,(H,12,13)(H,14,15). The van der Waals surface area contributed by atoms with Crippen LogP contribution < -0.4 is 10.0 Å². The summed E-state index contributed by atoms with van der Waals surface area (Å²) in [6.07, 6.45) is 3.81. The maximum atomic E-state index is 11.6. The maximum Gasteiger partial charge on any atom is 0.233 e. The summed E-state index contributed by atoms with van der Waals surface area (Å²) >= 11 is 0. The Morgan fingerprint density at radius 1 is 1.28 bits per heavy atom. The van der Waals surface area contributed by atoms with Crippen molar-refractivity contribution < 1.29 is 8.42 Å². The average molecular weight is 270 g/mol. The molecular weight excluding hydrogens is 252 g/mol. The van der Waals surface area contributed by atoms with Crippen LogP contribution in [0, 0.1) is 0 Å². The largest absolute Gasteiger partial charge is 0.366 e. The summed E-state index contributed by atoms with van der Waals surface area (Å²) in [6.45, 7) is 1.95. The van der Waals surface area contributed by atoms with Gasteiger partial charge in [0.2, 0.25) is 10.0 Å². The van der Waals surface area contributed by atoms with E-state index >= 15 is 0 Å². The minimum Gasteiger partial charge on any atom is -0.366 e. The number of anilines is 2. The summed E-state index contributed by atoms with van der Waals surface area (Å²) in [5, 5.41) is 11.0. The van der Waals surface area contributed by atoms with E-state index in [4.69, 9.17) is 0 Å². The van der Waals surface area contributed by atoms with Crippen LogP contribution in [0.3, 0.4) is 0 Å². The van der Waals surface area contributed by atoms with Crippen LogP contribution in [-0.4, -0.2) is 30.4 Å². The summed E-state index contributed by atoms with van der Waals surface area (Å²) in [4.78, 5) is 0. The van der Waals surface area contributed by atoms with Crippen molar-refractivity contribution in [2.45, 2.75) is 38.6 Å². The fraction of sp³-hybridized carbons (Fsp3) is 0.636. The molecule has 0 unspecified atom stereocenters. The maximum absolute atomic E-state index is 11.6. The molecule has 0 bridgehead atoms. The van der Waals surface area contributed by atoms with E-state index in [1.54, 1.807) is 12.1 Å². The molecule has 1 saturated carbocycles. The van der Waals surface area contributed by atoms with Gasteiger partial charge in [0.25, 0.3) is 0 Å². The number of unbranched alkanes of at least 4 members (excludes halogenated alkanes) is 1. The van der Waals surface area contributed by atoms with E-state index in [2.05, 4.69) is 20.2 Å². The lowest BCUT2D eigenvalue weighted by molar-refractivity contribution is 0.597. The summed E-state index contributed by atoms with van der Waals surface area (Å²) in [5.41, 5.74) is 0. The summed E-state index contributed by atoms with van der Waals surface area (Å²) in [5.74, 6) is 1.08. The third kappa shape index (κ3) is 4.14. The molecule has 1 aromatic heterocycles. The van der Waals surface area contributed by atoms with Gasteiger partial charge in [-0.05, 0) is 31.4 Å². The van der Waals surface area contributed by atoms with Gasteiger partial charge in [0, 0.05) is 6.04 Å². The molecule has 0 amide bonds. The first-order valence-electron chi connectivity index (χ1n) is 6.20. The lowest BCUT2D eigenvalue weighted by atomic mass is 10.4. The van der Waals surface area contributed by atoms with Crippen molar-refractivity contribution in [1.82, 2.24) is 10.2 Å². The highest BCUT2D eigenvalue weighted by Gasteiger charge is 2.21. The van der Waals surface area contributed by atoms with Crippen LogP contribution in [0.25, 0.3) is 0 Å². The van der Waals surface area contributed by atoms with Gasteiger partial charge in [-0.2, -0.15) is 0 Å². The molecule has 6 nitrogen and oxygen atoms in total. The molecule has 1 aromatic rings. The first-order valence-corrected chi connectivity index (χ1v) is 7.85. The third-order valence-corrected chi connectivity index (χ3v) is 3.97. The van der Waals surface area contributed by atoms with Gasteiger partial charge in [-0.15, -0.1) is 10.2 Å². The molecular formula is C11H18N4O2S. The van der Waals surface area contributed by atoms with Gasteiger partial charge >= 0.3 is 0 Å². The quantitative estimate of drug-likeness (QED) is 0.786. The van der Waals surface area contributed by atoms with Crippen molar-refractivity contribution in [1.29, 1.82) is 0 Å². The SMILES string of the molecule is CCCCS(=O)(=O)Nc1ccc(NC2CC2)nn1. The van der Waals surface area contributed by atoms with Crippen LogP contribution in [0.4, 0.5) is 11.6 Å². The Morgan fingerprint density at radius 2 is 1.94 bits per heavy atom. The van der Waals surface area contributed by atoms with Crippen LogP contribution in [-0.2, 0) is 10.0 Å². The predicted molar refractivity (Wildman–Crippen MR) is 71.0 cm³/mol. The fourth-order valence-corrected chi connectivity index (χ4v) is 2.64. The smallest absolute Gasteiger partial charge is 0.233 e. The van der Waals surface area contributed by atoms with E-state index in [9.17, 15) is 8.42 Å². The van der Waals surface area contributed by atoms with Crippen LogP contribution in [0.15, 0.2) is 12.1 Å². The highest BCUT2D eigenvalue weighted by molar-refractivity contribution is 7.92. The van der Waals surface area contributed by atoms with Crippen molar-refractivity contribution in [3.05, 3.63) is 12.1 Å². The van der Waals surface area contributed by atoms with Gasteiger partial charge in [-0.1, -0.05) is 13.3 Å². The number of sulfonamides is 1. The topological polar surface area (TPSA) is 84.0 Å². The van der Waals surface area contributed by atoms with Crippen molar-refractivity contribution in [2.24, 2.45) is 0 Å². The zero-order chi connectivity index (χ0) is 13.0. The molecule has 0 aliphatic heterocycles. The number of hydrogen-bond donors (Lipinski definition) is 2. The van der Waals surface area contributed by atoms with Gasteiger partial charge in [-0.3, -0.25) is 4.72 Å². The molecule has 1 heterocycles. The van der Waals surface area contributed by atoms with Crippen LogP contribution in [0.2, 0.25) is 0 Å². The van der Waals surface area contributed by atoms with Crippen molar-refractivity contribution in [3.63, 3.8) is 0 Å². The third-order valence-electron chi connectivity index (χ3n) is 2.62. The van der Waals surface area contributed by atoms with Gasteiger partial charge in [0.1, 0.15) is 5.82 Å². The van der Waals surface area contributed by atoms with E-state index in [-0.39, 0.29) is 11.6 Å². The molecule has 18 heavy (non-hydrogen) atoms. The highest BCUT2D eigenvalue weighted by atomic mass is 32.2. The highest BCUT2D eigenvalue weighted by Crippen LogP contribution is 2.23. The summed E-state index contributed by atoms with van der Waals surface area (Å²) in [6, 6.07) is 3.87. The fourth-order valence-electron chi connectivity index (χ4n) is 1.45. The Labute approximate surface area is 107 Å². The molecule has 7 heteroatoms. The van der Waals surface area contributed by atoms with E-state index in [0.717, 1.165) is 19.3 Å². The molecule has 2 N–H and O–H groups in total. The van der Waals surface area contributed by atoms with E-state index in [1.807, 2.05) is 6.92 Å². The minimum atomic E-state index is -3.29. The molecule has 0 spiro atoms.